The fraction of sp³-hybridized carbons (Fsp3) is 0.647. The van der Waals surface area contributed by atoms with Gasteiger partial charge in [0.05, 0.1) is 6.04 Å². The Hall–Kier alpha value is -1.22. The van der Waals surface area contributed by atoms with Crippen LogP contribution in [0.15, 0.2) is 18.2 Å². The summed E-state index contributed by atoms with van der Waals surface area (Å²) >= 11 is 0. The van der Waals surface area contributed by atoms with Gasteiger partial charge in [0.1, 0.15) is 18.1 Å². The van der Waals surface area contributed by atoms with Crippen molar-refractivity contribution in [3.8, 4) is 11.5 Å². The average Bonchev–Trinajstić information content (AvgIpc) is 2.47. The van der Waals surface area contributed by atoms with E-state index in [4.69, 9.17) is 4.74 Å². The summed E-state index contributed by atoms with van der Waals surface area (Å²) < 4.78 is 6.00. The van der Waals surface area contributed by atoms with Gasteiger partial charge in [-0.3, -0.25) is 4.90 Å². The molecule has 3 rings (SSSR count). The Morgan fingerprint density at radius 1 is 1.40 bits per heavy atom. The fourth-order valence-corrected chi connectivity index (χ4v) is 4.21. The van der Waals surface area contributed by atoms with Crippen LogP contribution in [0.5, 0.6) is 11.5 Å². The molecule has 0 saturated carbocycles. The number of ether oxygens (including phenoxy) is 1. The van der Waals surface area contributed by atoms with Crippen molar-refractivity contribution >= 4 is 0 Å². The summed E-state index contributed by atoms with van der Waals surface area (Å²) in [5.74, 6) is 1.33. The average molecular weight is 275 g/mol. The summed E-state index contributed by atoms with van der Waals surface area (Å²) in [4.78, 5) is 2.60. The maximum atomic E-state index is 9.89. The third kappa shape index (κ3) is 1.99. The second kappa shape index (κ2) is 5.28. The summed E-state index contributed by atoms with van der Waals surface area (Å²) in [6.07, 6.45) is 4.73. The molecule has 0 bridgehead atoms. The summed E-state index contributed by atoms with van der Waals surface area (Å²) in [7, 11) is 0. The maximum Gasteiger partial charge on any atom is 0.123 e. The van der Waals surface area contributed by atoms with E-state index in [1.165, 1.54) is 31.4 Å². The minimum absolute atomic E-state index is 0.153. The van der Waals surface area contributed by atoms with Crippen molar-refractivity contribution in [3.05, 3.63) is 23.8 Å². The van der Waals surface area contributed by atoms with E-state index in [0.29, 0.717) is 11.8 Å². The number of benzene rings is 1. The summed E-state index contributed by atoms with van der Waals surface area (Å²) in [6.45, 7) is 7.63. The lowest BCUT2D eigenvalue weighted by Gasteiger charge is -2.53. The van der Waals surface area contributed by atoms with Gasteiger partial charge in [-0.1, -0.05) is 13.8 Å². The largest absolute Gasteiger partial charge is 0.508 e. The van der Waals surface area contributed by atoms with Gasteiger partial charge in [-0.05, 0) is 57.0 Å². The Kier molecular flexibility index (Phi) is 3.63. The number of nitrogens with zero attached hydrogens (tertiary/aromatic N) is 1. The number of hydrogen-bond acceptors (Lipinski definition) is 3. The molecule has 0 radical (unpaired) electrons. The van der Waals surface area contributed by atoms with Crippen LogP contribution in [0.4, 0.5) is 0 Å². The number of piperidine rings is 1. The predicted molar refractivity (Wildman–Crippen MR) is 80.5 cm³/mol. The van der Waals surface area contributed by atoms with Crippen molar-refractivity contribution in [2.45, 2.75) is 51.0 Å². The number of phenolic OH excluding ortho intramolecular Hbond substituents is 1. The Bertz CT molecular complexity index is 486. The molecule has 2 aliphatic rings. The van der Waals surface area contributed by atoms with Crippen LogP contribution in [0, 0.1) is 0 Å². The molecule has 2 aliphatic heterocycles. The summed E-state index contributed by atoms with van der Waals surface area (Å²) in [6, 6.07) is 6.04. The van der Waals surface area contributed by atoms with E-state index >= 15 is 0 Å². The minimum atomic E-state index is 0.153. The second-order valence-electron chi connectivity index (χ2n) is 6.16. The lowest BCUT2D eigenvalue weighted by Crippen LogP contribution is -2.59. The lowest BCUT2D eigenvalue weighted by atomic mass is 9.65. The molecular weight excluding hydrogens is 250 g/mol. The molecule has 1 fully saturated rings. The van der Waals surface area contributed by atoms with Crippen LogP contribution in [0.1, 0.15) is 45.1 Å². The van der Waals surface area contributed by atoms with Crippen molar-refractivity contribution in [1.82, 2.24) is 4.90 Å². The number of hydrogen-bond donors (Lipinski definition) is 1. The molecule has 3 nitrogen and oxygen atoms in total. The Balaban J connectivity index is 2.05. The van der Waals surface area contributed by atoms with Crippen molar-refractivity contribution in [3.63, 3.8) is 0 Å². The molecule has 0 amide bonds. The quantitative estimate of drug-likeness (QED) is 0.918. The van der Waals surface area contributed by atoms with Crippen LogP contribution < -0.4 is 4.74 Å². The molecular formula is C17H25NO2. The van der Waals surface area contributed by atoms with E-state index in [2.05, 4.69) is 18.7 Å². The van der Waals surface area contributed by atoms with Gasteiger partial charge in [0.15, 0.2) is 0 Å². The maximum absolute atomic E-state index is 9.89. The summed E-state index contributed by atoms with van der Waals surface area (Å²) in [5.41, 5.74) is 1.37. The number of fused-ring (bicyclic) bond motifs is 3. The number of aromatic hydroxyl groups is 1. The van der Waals surface area contributed by atoms with E-state index in [9.17, 15) is 5.11 Å². The van der Waals surface area contributed by atoms with Crippen molar-refractivity contribution in [1.29, 1.82) is 0 Å². The van der Waals surface area contributed by atoms with Gasteiger partial charge < -0.3 is 9.84 Å². The second-order valence-corrected chi connectivity index (χ2v) is 6.16. The topological polar surface area (TPSA) is 32.7 Å². The van der Waals surface area contributed by atoms with Gasteiger partial charge in [-0.15, -0.1) is 0 Å². The predicted octanol–water partition coefficient (Wildman–Crippen LogP) is 3.31. The van der Waals surface area contributed by atoms with E-state index in [1.807, 2.05) is 12.1 Å². The van der Waals surface area contributed by atoms with Gasteiger partial charge in [0, 0.05) is 11.0 Å². The first-order chi connectivity index (χ1) is 9.71. The molecule has 2 atom stereocenters. The number of phenols is 1. The van der Waals surface area contributed by atoms with Gasteiger partial charge >= 0.3 is 0 Å². The van der Waals surface area contributed by atoms with Crippen LogP contribution in [-0.2, 0) is 5.41 Å². The first kappa shape index (κ1) is 13.7. The first-order valence-corrected chi connectivity index (χ1v) is 7.91. The van der Waals surface area contributed by atoms with Gasteiger partial charge in [0.2, 0.25) is 0 Å². The SMILES string of the molecule is CCCN1CCC[C@@]2(CC)c3cc(O)ccc3OC[C@H]12. The van der Waals surface area contributed by atoms with Crippen molar-refractivity contribution in [2.24, 2.45) is 0 Å². The zero-order valence-electron chi connectivity index (χ0n) is 12.6. The first-order valence-electron chi connectivity index (χ1n) is 7.91. The number of likely N-dealkylation sites (tertiary alicyclic amines) is 1. The van der Waals surface area contributed by atoms with Crippen LogP contribution in [-0.4, -0.2) is 35.7 Å². The Morgan fingerprint density at radius 2 is 2.25 bits per heavy atom. The highest BCUT2D eigenvalue weighted by molar-refractivity contribution is 5.47. The summed E-state index contributed by atoms with van der Waals surface area (Å²) in [5, 5.41) is 9.89. The fourth-order valence-electron chi connectivity index (χ4n) is 4.21. The van der Waals surface area contributed by atoms with Crippen LogP contribution in [0.25, 0.3) is 0 Å². The minimum Gasteiger partial charge on any atom is -0.508 e. The standard InChI is InChI=1S/C17H25NO2/c1-3-9-18-10-5-8-17(4-2)14-11-13(19)6-7-15(14)20-12-16(17)18/h6-7,11,16,19H,3-5,8-10,12H2,1-2H3/t16-,17-/m0/s1. The molecule has 0 unspecified atom stereocenters. The zero-order chi connectivity index (χ0) is 14.2. The molecule has 1 saturated heterocycles. The van der Waals surface area contributed by atoms with Crippen LogP contribution in [0.3, 0.4) is 0 Å². The molecule has 20 heavy (non-hydrogen) atoms. The highest BCUT2D eigenvalue weighted by atomic mass is 16.5. The number of rotatable bonds is 3. The molecule has 110 valence electrons. The van der Waals surface area contributed by atoms with Gasteiger partial charge in [-0.2, -0.15) is 0 Å². The Morgan fingerprint density at radius 3 is 3.00 bits per heavy atom. The molecule has 3 heteroatoms. The van der Waals surface area contributed by atoms with Crippen molar-refractivity contribution in [2.75, 3.05) is 19.7 Å². The van der Waals surface area contributed by atoms with E-state index in [-0.39, 0.29) is 5.41 Å². The molecule has 0 spiro atoms. The van der Waals surface area contributed by atoms with Gasteiger partial charge in [0.25, 0.3) is 0 Å². The highest BCUT2D eigenvalue weighted by Gasteiger charge is 2.48. The van der Waals surface area contributed by atoms with E-state index in [0.717, 1.165) is 25.3 Å². The molecule has 1 aromatic carbocycles. The molecule has 0 aromatic heterocycles. The monoisotopic (exact) mass is 275 g/mol. The van der Waals surface area contributed by atoms with Crippen LogP contribution >= 0.6 is 0 Å². The zero-order valence-corrected chi connectivity index (χ0v) is 12.6. The van der Waals surface area contributed by atoms with Crippen LogP contribution in [0.2, 0.25) is 0 Å². The third-order valence-corrected chi connectivity index (χ3v) is 5.18. The van der Waals surface area contributed by atoms with E-state index in [1.54, 1.807) is 6.07 Å². The normalized spacial score (nSPS) is 29.4. The smallest absolute Gasteiger partial charge is 0.123 e. The lowest BCUT2D eigenvalue weighted by molar-refractivity contribution is 0.0117. The highest BCUT2D eigenvalue weighted by Crippen LogP contribution is 2.49. The Labute approximate surface area is 121 Å². The molecule has 1 aromatic rings. The molecule has 2 heterocycles. The van der Waals surface area contributed by atoms with E-state index < -0.39 is 0 Å². The molecule has 1 N–H and O–H groups in total. The van der Waals surface area contributed by atoms with Crippen molar-refractivity contribution < 1.29 is 9.84 Å². The third-order valence-electron chi connectivity index (χ3n) is 5.18. The molecule has 0 aliphatic carbocycles. The van der Waals surface area contributed by atoms with Gasteiger partial charge in [-0.25, -0.2) is 0 Å².